The molecule has 0 bridgehead atoms. The lowest BCUT2D eigenvalue weighted by Gasteiger charge is -2.30. The maximum Gasteiger partial charge on any atom is 0.239 e. The number of hydrogen-bond acceptors (Lipinski definition) is 2. The van der Waals surface area contributed by atoms with Gasteiger partial charge in [-0.1, -0.05) is 13.8 Å². The van der Waals surface area contributed by atoms with Gasteiger partial charge in [0.15, 0.2) is 0 Å². The zero-order valence-electron chi connectivity index (χ0n) is 9.49. The second kappa shape index (κ2) is 4.78. The van der Waals surface area contributed by atoms with Crippen LogP contribution in [0.4, 0.5) is 0 Å². The number of rotatable bonds is 3. The van der Waals surface area contributed by atoms with Crippen molar-refractivity contribution >= 4 is 5.91 Å². The molecule has 1 heterocycles. The molecule has 1 aliphatic rings. The van der Waals surface area contributed by atoms with Crippen LogP contribution in [0.2, 0.25) is 0 Å². The molecule has 1 saturated heterocycles. The summed E-state index contributed by atoms with van der Waals surface area (Å²) in [6, 6.07) is 0.504. The molecule has 1 amide bonds. The SMILES string of the molecule is CCC1CCC(C)N1C(=O)[C@@H](N)CC. The average molecular weight is 198 g/mol. The molecule has 0 radical (unpaired) electrons. The summed E-state index contributed by atoms with van der Waals surface area (Å²) in [6.45, 7) is 6.22. The van der Waals surface area contributed by atoms with Gasteiger partial charge in [-0.3, -0.25) is 4.79 Å². The Morgan fingerprint density at radius 3 is 2.64 bits per heavy atom. The molecule has 1 rings (SSSR count). The smallest absolute Gasteiger partial charge is 0.239 e. The Kier molecular flexibility index (Phi) is 3.93. The van der Waals surface area contributed by atoms with Crippen molar-refractivity contribution in [3.8, 4) is 0 Å². The van der Waals surface area contributed by atoms with Crippen LogP contribution in [0.1, 0.15) is 46.5 Å². The van der Waals surface area contributed by atoms with Crippen molar-refractivity contribution in [3.05, 3.63) is 0 Å². The van der Waals surface area contributed by atoms with Crippen molar-refractivity contribution < 1.29 is 4.79 Å². The Bertz CT molecular complexity index is 205. The lowest BCUT2D eigenvalue weighted by molar-refractivity contribution is -0.135. The van der Waals surface area contributed by atoms with Gasteiger partial charge in [0, 0.05) is 12.1 Å². The van der Waals surface area contributed by atoms with Gasteiger partial charge in [0.05, 0.1) is 6.04 Å². The van der Waals surface area contributed by atoms with Gasteiger partial charge < -0.3 is 10.6 Å². The van der Waals surface area contributed by atoms with E-state index < -0.39 is 0 Å². The molecular formula is C11H22N2O. The molecule has 1 fully saturated rings. The highest BCUT2D eigenvalue weighted by atomic mass is 16.2. The third-order valence-electron chi connectivity index (χ3n) is 3.27. The Morgan fingerprint density at radius 2 is 2.14 bits per heavy atom. The molecule has 0 aliphatic carbocycles. The van der Waals surface area contributed by atoms with Crippen LogP contribution in [-0.2, 0) is 4.79 Å². The number of hydrogen-bond donors (Lipinski definition) is 1. The van der Waals surface area contributed by atoms with Gasteiger partial charge in [0.2, 0.25) is 5.91 Å². The molecule has 0 aromatic heterocycles. The van der Waals surface area contributed by atoms with Crippen LogP contribution >= 0.6 is 0 Å². The first-order chi connectivity index (χ1) is 6.61. The lowest BCUT2D eigenvalue weighted by Crippen LogP contribution is -2.48. The van der Waals surface area contributed by atoms with Crippen molar-refractivity contribution in [2.45, 2.75) is 64.6 Å². The van der Waals surface area contributed by atoms with E-state index in [9.17, 15) is 4.79 Å². The largest absolute Gasteiger partial charge is 0.336 e. The Morgan fingerprint density at radius 1 is 1.50 bits per heavy atom. The van der Waals surface area contributed by atoms with Gasteiger partial charge in [0.25, 0.3) is 0 Å². The Hall–Kier alpha value is -0.570. The van der Waals surface area contributed by atoms with Gasteiger partial charge in [-0.05, 0) is 32.6 Å². The minimum Gasteiger partial charge on any atom is -0.336 e. The van der Waals surface area contributed by atoms with E-state index in [1.807, 2.05) is 11.8 Å². The van der Waals surface area contributed by atoms with E-state index in [1.54, 1.807) is 0 Å². The number of nitrogens with two attached hydrogens (primary N) is 1. The van der Waals surface area contributed by atoms with Gasteiger partial charge >= 0.3 is 0 Å². The monoisotopic (exact) mass is 198 g/mol. The Labute approximate surface area is 86.6 Å². The maximum atomic E-state index is 12.0. The molecule has 1 aliphatic heterocycles. The molecule has 3 heteroatoms. The zero-order valence-corrected chi connectivity index (χ0v) is 9.49. The molecule has 2 N–H and O–H groups in total. The van der Waals surface area contributed by atoms with E-state index in [4.69, 9.17) is 5.73 Å². The van der Waals surface area contributed by atoms with Crippen LogP contribution in [0.3, 0.4) is 0 Å². The summed E-state index contributed by atoms with van der Waals surface area (Å²) in [7, 11) is 0. The van der Waals surface area contributed by atoms with Crippen LogP contribution in [0.25, 0.3) is 0 Å². The molecular weight excluding hydrogens is 176 g/mol. The fourth-order valence-corrected chi connectivity index (χ4v) is 2.24. The summed E-state index contributed by atoms with van der Waals surface area (Å²) in [5, 5.41) is 0. The van der Waals surface area contributed by atoms with E-state index >= 15 is 0 Å². The standard InChI is InChI=1S/C11H22N2O/c1-4-9-7-6-8(3)13(9)11(14)10(12)5-2/h8-10H,4-7,12H2,1-3H3/t8?,9?,10-/m0/s1. The fourth-order valence-electron chi connectivity index (χ4n) is 2.24. The van der Waals surface area contributed by atoms with E-state index in [1.165, 1.54) is 0 Å². The summed E-state index contributed by atoms with van der Waals surface area (Å²) in [4.78, 5) is 14.0. The van der Waals surface area contributed by atoms with Crippen molar-refractivity contribution in [2.75, 3.05) is 0 Å². The average Bonchev–Trinajstić information content (AvgIpc) is 2.57. The topological polar surface area (TPSA) is 46.3 Å². The second-order valence-electron chi connectivity index (χ2n) is 4.25. The van der Waals surface area contributed by atoms with Crippen LogP contribution in [-0.4, -0.2) is 28.9 Å². The number of amides is 1. The molecule has 3 atom stereocenters. The molecule has 0 spiro atoms. The quantitative estimate of drug-likeness (QED) is 0.747. The molecule has 14 heavy (non-hydrogen) atoms. The molecule has 0 saturated carbocycles. The van der Waals surface area contributed by atoms with E-state index in [-0.39, 0.29) is 11.9 Å². The predicted molar refractivity (Wildman–Crippen MR) is 57.9 cm³/mol. The zero-order chi connectivity index (χ0) is 10.7. The molecule has 0 aromatic rings. The first kappa shape index (κ1) is 11.5. The van der Waals surface area contributed by atoms with Gasteiger partial charge in [-0.2, -0.15) is 0 Å². The second-order valence-corrected chi connectivity index (χ2v) is 4.25. The number of carbonyl (C=O) groups is 1. The van der Waals surface area contributed by atoms with Crippen LogP contribution in [0.5, 0.6) is 0 Å². The highest BCUT2D eigenvalue weighted by Gasteiger charge is 2.34. The minimum atomic E-state index is -0.301. The molecule has 0 aromatic carbocycles. The predicted octanol–water partition coefficient (Wildman–Crippen LogP) is 1.51. The Balaban J connectivity index is 2.68. The van der Waals surface area contributed by atoms with Crippen LogP contribution in [0.15, 0.2) is 0 Å². The number of carbonyl (C=O) groups excluding carboxylic acids is 1. The fraction of sp³-hybridized carbons (Fsp3) is 0.909. The van der Waals surface area contributed by atoms with E-state index in [2.05, 4.69) is 13.8 Å². The van der Waals surface area contributed by atoms with Crippen molar-refractivity contribution in [3.63, 3.8) is 0 Å². The number of likely N-dealkylation sites (tertiary alicyclic amines) is 1. The molecule has 2 unspecified atom stereocenters. The van der Waals surface area contributed by atoms with E-state index in [0.29, 0.717) is 12.1 Å². The first-order valence-corrected chi connectivity index (χ1v) is 5.69. The highest BCUT2D eigenvalue weighted by Crippen LogP contribution is 2.26. The lowest BCUT2D eigenvalue weighted by atomic mass is 10.1. The molecule has 82 valence electrons. The van der Waals surface area contributed by atoms with Crippen molar-refractivity contribution in [2.24, 2.45) is 5.73 Å². The summed E-state index contributed by atoms with van der Waals surface area (Å²) >= 11 is 0. The van der Waals surface area contributed by atoms with E-state index in [0.717, 1.165) is 25.7 Å². The third-order valence-corrected chi connectivity index (χ3v) is 3.27. The number of nitrogens with zero attached hydrogens (tertiary/aromatic N) is 1. The molecule has 3 nitrogen and oxygen atoms in total. The van der Waals surface area contributed by atoms with Crippen LogP contribution < -0.4 is 5.73 Å². The third kappa shape index (κ3) is 2.08. The van der Waals surface area contributed by atoms with Gasteiger partial charge in [0.1, 0.15) is 0 Å². The van der Waals surface area contributed by atoms with Gasteiger partial charge in [-0.25, -0.2) is 0 Å². The van der Waals surface area contributed by atoms with Crippen molar-refractivity contribution in [1.82, 2.24) is 4.90 Å². The van der Waals surface area contributed by atoms with Crippen LogP contribution in [0, 0.1) is 0 Å². The summed E-state index contributed by atoms with van der Waals surface area (Å²) in [6.07, 6.45) is 4.05. The maximum absolute atomic E-state index is 12.0. The minimum absolute atomic E-state index is 0.143. The summed E-state index contributed by atoms with van der Waals surface area (Å²) < 4.78 is 0. The summed E-state index contributed by atoms with van der Waals surface area (Å²) in [5.74, 6) is 0.143. The van der Waals surface area contributed by atoms with Gasteiger partial charge in [-0.15, -0.1) is 0 Å². The summed E-state index contributed by atoms with van der Waals surface area (Å²) in [5.41, 5.74) is 5.78. The normalized spacial score (nSPS) is 29.3. The first-order valence-electron chi connectivity index (χ1n) is 5.69. The highest BCUT2D eigenvalue weighted by molar-refractivity contribution is 5.82. The van der Waals surface area contributed by atoms with Crippen molar-refractivity contribution in [1.29, 1.82) is 0 Å².